The molecule has 1 unspecified atom stereocenters. The van der Waals surface area contributed by atoms with Crippen LogP contribution in [0.25, 0.3) is 0 Å². The van der Waals surface area contributed by atoms with Gasteiger partial charge in [-0.15, -0.1) is 0 Å². The minimum absolute atomic E-state index is 0.0287. The van der Waals surface area contributed by atoms with Crippen molar-refractivity contribution in [3.8, 4) is 0 Å². The Balaban J connectivity index is 2.34. The average Bonchev–Trinajstić information content (AvgIpc) is 2.54. The van der Waals surface area contributed by atoms with E-state index in [2.05, 4.69) is 0 Å². The van der Waals surface area contributed by atoms with Crippen LogP contribution in [-0.4, -0.2) is 71.6 Å². The summed E-state index contributed by atoms with van der Waals surface area (Å²) in [5.41, 5.74) is 0. The molecule has 0 saturated carbocycles. The fourth-order valence-electron chi connectivity index (χ4n) is 2.87. The van der Waals surface area contributed by atoms with E-state index >= 15 is 0 Å². The average molecular weight is 342 g/mol. The molecule has 0 spiro atoms. The molecule has 1 saturated heterocycles. The quantitative estimate of drug-likeness (QED) is 0.650. The lowest BCUT2D eigenvalue weighted by Crippen LogP contribution is -2.46. The summed E-state index contributed by atoms with van der Waals surface area (Å²) < 4.78 is 5.36. The minimum Gasteiger partial charge on any atom is -0.481 e. The molecule has 138 valence electrons. The van der Waals surface area contributed by atoms with E-state index in [9.17, 15) is 14.4 Å². The zero-order valence-electron chi connectivity index (χ0n) is 14.8. The molecular formula is C17H30N2O5. The van der Waals surface area contributed by atoms with Crippen LogP contribution in [0.1, 0.15) is 52.4 Å². The lowest BCUT2D eigenvalue weighted by Gasteiger charge is -2.32. The number of carbonyl (C=O) groups excluding carboxylic acids is 2. The van der Waals surface area contributed by atoms with E-state index in [1.165, 1.54) is 0 Å². The summed E-state index contributed by atoms with van der Waals surface area (Å²) in [4.78, 5) is 38.6. The number of amides is 2. The summed E-state index contributed by atoms with van der Waals surface area (Å²) in [5.74, 6) is -0.844. The van der Waals surface area contributed by atoms with Crippen molar-refractivity contribution in [2.75, 3.05) is 32.8 Å². The molecule has 0 bridgehead atoms. The zero-order chi connectivity index (χ0) is 17.9. The summed E-state index contributed by atoms with van der Waals surface area (Å²) in [5, 5.41) is 8.81. The van der Waals surface area contributed by atoms with Crippen molar-refractivity contribution in [3.05, 3.63) is 0 Å². The Hall–Kier alpha value is -1.63. The van der Waals surface area contributed by atoms with Gasteiger partial charge in [-0.1, -0.05) is 13.8 Å². The SMILES string of the molecule is CCCN(CCC)C(=O)CCCC(=O)N1CCOC(CC(=O)O)C1. The maximum absolute atomic E-state index is 12.2. The topological polar surface area (TPSA) is 87.2 Å². The third kappa shape index (κ3) is 7.29. The molecule has 1 N–H and O–H groups in total. The van der Waals surface area contributed by atoms with E-state index < -0.39 is 12.1 Å². The van der Waals surface area contributed by atoms with Gasteiger partial charge in [0.1, 0.15) is 0 Å². The predicted octanol–water partition coefficient (Wildman–Crippen LogP) is 1.51. The molecule has 24 heavy (non-hydrogen) atoms. The number of rotatable bonds is 10. The van der Waals surface area contributed by atoms with Crippen LogP contribution < -0.4 is 0 Å². The van der Waals surface area contributed by atoms with Gasteiger partial charge in [-0.25, -0.2) is 0 Å². The first-order valence-corrected chi connectivity index (χ1v) is 8.86. The van der Waals surface area contributed by atoms with Gasteiger partial charge in [0, 0.05) is 39.0 Å². The molecular weight excluding hydrogens is 312 g/mol. The summed E-state index contributed by atoms with van der Waals surface area (Å²) in [6.45, 7) is 6.79. The fraction of sp³-hybridized carbons (Fsp3) is 0.824. The predicted molar refractivity (Wildman–Crippen MR) is 89.6 cm³/mol. The van der Waals surface area contributed by atoms with Crippen molar-refractivity contribution >= 4 is 17.8 Å². The van der Waals surface area contributed by atoms with Crippen LogP contribution in [0.3, 0.4) is 0 Å². The number of carboxylic acid groups (broad SMARTS) is 1. The molecule has 0 aromatic heterocycles. The molecule has 1 fully saturated rings. The highest BCUT2D eigenvalue weighted by Crippen LogP contribution is 2.12. The Kier molecular flexibility index (Phi) is 9.37. The van der Waals surface area contributed by atoms with E-state index in [-0.39, 0.29) is 18.2 Å². The molecule has 2 amide bonds. The third-order valence-electron chi connectivity index (χ3n) is 4.01. The summed E-state index contributed by atoms with van der Waals surface area (Å²) in [6, 6.07) is 0. The first kappa shape index (κ1) is 20.4. The molecule has 1 rings (SSSR count). The van der Waals surface area contributed by atoms with Crippen molar-refractivity contribution in [2.45, 2.75) is 58.5 Å². The van der Waals surface area contributed by atoms with Gasteiger partial charge < -0.3 is 19.6 Å². The lowest BCUT2D eigenvalue weighted by atomic mass is 10.1. The van der Waals surface area contributed by atoms with Crippen LogP contribution in [0.5, 0.6) is 0 Å². The maximum Gasteiger partial charge on any atom is 0.306 e. The molecule has 0 radical (unpaired) electrons. The highest BCUT2D eigenvalue weighted by molar-refractivity contribution is 5.79. The Morgan fingerprint density at radius 1 is 1.17 bits per heavy atom. The van der Waals surface area contributed by atoms with Crippen LogP contribution in [-0.2, 0) is 19.1 Å². The van der Waals surface area contributed by atoms with Crippen LogP contribution in [0.2, 0.25) is 0 Å². The molecule has 1 heterocycles. The van der Waals surface area contributed by atoms with Crippen LogP contribution in [0.15, 0.2) is 0 Å². The van der Waals surface area contributed by atoms with E-state index in [1.807, 2.05) is 18.7 Å². The number of carbonyl (C=O) groups is 3. The van der Waals surface area contributed by atoms with Crippen molar-refractivity contribution in [1.82, 2.24) is 9.80 Å². The summed E-state index contributed by atoms with van der Waals surface area (Å²) in [7, 11) is 0. The highest BCUT2D eigenvalue weighted by atomic mass is 16.5. The Labute approximate surface area is 143 Å². The van der Waals surface area contributed by atoms with Crippen molar-refractivity contribution in [2.24, 2.45) is 0 Å². The second-order valence-corrected chi connectivity index (χ2v) is 6.16. The third-order valence-corrected chi connectivity index (χ3v) is 4.01. The highest BCUT2D eigenvalue weighted by Gasteiger charge is 2.25. The molecule has 0 aliphatic carbocycles. The van der Waals surface area contributed by atoms with Crippen LogP contribution in [0, 0.1) is 0 Å². The molecule has 0 aromatic carbocycles. The first-order valence-electron chi connectivity index (χ1n) is 8.86. The van der Waals surface area contributed by atoms with Gasteiger partial charge in [-0.3, -0.25) is 14.4 Å². The number of ether oxygens (including phenoxy) is 1. The number of morpholine rings is 1. The van der Waals surface area contributed by atoms with E-state index in [0.29, 0.717) is 39.0 Å². The minimum atomic E-state index is -0.924. The molecule has 1 aliphatic heterocycles. The Morgan fingerprint density at radius 3 is 2.42 bits per heavy atom. The number of hydrogen-bond acceptors (Lipinski definition) is 4. The summed E-state index contributed by atoms with van der Waals surface area (Å²) in [6.07, 6.45) is 2.57. The Bertz CT molecular complexity index is 421. The number of hydrogen-bond donors (Lipinski definition) is 1. The number of nitrogens with zero attached hydrogens (tertiary/aromatic N) is 2. The lowest BCUT2D eigenvalue weighted by molar-refractivity contribution is -0.147. The van der Waals surface area contributed by atoms with E-state index in [4.69, 9.17) is 9.84 Å². The fourth-order valence-corrected chi connectivity index (χ4v) is 2.87. The van der Waals surface area contributed by atoms with Gasteiger partial charge >= 0.3 is 5.97 Å². The number of carboxylic acids is 1. The molecule has 1 atom stereocenters. The molecule has 7 nitrogen and oxygen atoms in total. The van der Waals surface area contributed by atoms with E-state index in [1.54, 1.807) is 4.90 Å². The van der Waals surface area contributed by atoms with E-state index in [0.717, 1.165) is 25.9 Å². The Morgan fingerprint density at radius 2 is 1.83 bits per heavy atom. The van der Waals surface area contributed by atoms with Gasteiger partial charge in [0.05, 0.1) is 19.1 Å². The molecule has 7 heteroatoms. The van der Waals surface area contributed by atoms with Gasteiger partial charge in [-0.05, 0) is 19.3 Å². The van der Waals surface area contributed by atoms with Crippen LogP contribution in [0.4, 0.5) is 0 Å². The van der Waals surface area contributed by atoms with Crippen LogP contribution >= 0.6 is 0 Å². The largest absolute Gasteiger partial charge is 0.481 e. The smallest absolute Gasteiger partial charge is 0.306 e. The van der Waals surface area contributed by atoms with Gasteiger partial charge in [0.2, 0.25) is 11.8 Å². The van der Waals surface area contributed by atoms with Gasteiger partial charge in [0.15, 0.2) is 0 Å². The standard InChI is InChI=1S/C17H30N2O5/c1-3-8-18(9-4-2)15(20)6-5-7-16(21)19-10-11-24-14(13-19)12-17(22)23/h14H,3-13H2,1-2H3,(H,22,23). The second-order valence-electron chi connectivity index (χ2n) is 6.16. The normalized spacial score (nSPS) is 17.6. The van der Waals surface area contributed by atoms with Crippen molar-refractivity contribution < 1.29 is 24.2 Å². The van der Waals surface area contributed by atoms with Gasteiger partial charge in [0.25, 0.3) is 0 Å². The molecule has 1 aliphatic rings. The molecule has 0 aromatic rings. The first-order chi connectivity index (χ1) is 11.5. The zero-order valence-corrected chi connectivity index (χ0v) is 14.8. The summed E-state index contributed by atoms with van der Waals surface area (Å²) >= 11 is 0. The van der Waals surface area contributed by atoms with Crippen molar-refractivity contribution in [1.29, 1.82) is 0 Å². The van der Waals surface area contributed by atoms with Crippen molar-refractivity contribution in [3.63, 3.8) is 0 Å². The number of aliphatic carboxylic acids is 1. The monoisotopic (exact) mass is 342 g/mol. The maximum atomic E-state index is 12.2. The second kappa shape index (κ2) is 11.0. The van der Waals surface area contributed by atoms with Gasteiger partial charge in [-0.2, -0.15) is 0 Å².